The van der Waals surface area contributed by atoms with Gasteiger partial charge in [0.2, 0.25) is 11.7 Å². The van der Waals surface area contributed by atoms with Gasteiger partial charge in [-0.2, -0.15) is 4.98 Å². The standard InChI is InChI=1S/C15H20ClN5O.HI/c1-3-4-9-18-15(17-2)19-10-13-20-14(21-22-13)11-5-7-12(16)8-6-11;/h5-8H,3-4,9-10H2,1-2H3,(H2,17,18,19);1H. The third-order valence-electron chi connectivity index (χ3n) is 3.02. The number of nitrogens with zero attached hydrogens (tertiary/aromatic N) is 3. The number of benzene rings is 1. The van der Waals surface area contributed by atoms with E-state index < -0.39 is 0 Å². The Morgan fingerprint density at radius 2 is 2.00 bits per heavy atom. The van der Waals surface area contributed by atoms with E-state index in [1.165, 1.54) is 0 Å². The first-order chi connectivity index (χ1) is 10.7. The van der Waals surface area contributed by atoms with E-state index in [4.69, 9.17) is 16.1 Å². The highest BCUT2D eigenvalue weighted by Crippen LogP contribution is 2.18. The van der Waals surface area contributed by atoms with Crippen molar-refractivity contribution >= 4 is 41.5 Å². The number of nitrogens with one attached hydrogen (secondary N) is 2. The number of rotatable bonds is 6. The van der Waals surface area contributed by atoms with E-state index >= 15 is 0 Å². The lowest BCUT2D eigenvalue weighted by atomic mass is 10.2. The van der Waals surface area contributed by atoms with Gasteiger partial charge >= 0.3 is 0 Å². The molecule has 0 radical (unpaired) electrons. The van der Waals surface area contributed by atoms with Crippen LogP contribution in [0.5, 0.6) is 0 Å². The monoisotopic (exact) mass is 449 g/mol. The first-order valence-corrected chi connectivity index (χ1v) is 7.63. The zero-order valence-electron chi connectivity index (χ0n) is 13.2. The summed E-state index contributed by atoms with van der Waals surface area (Å²) < 4.78 is 5.23. The summed E-state index contributed by atoms with van der Waals surface area (Å²) in [5.41, 5.74) is 0.866. The largest absolute Gasteiger partial charge is 0.356 e. The highest BCUT2D eigenvalue weighted by atomic mass is 127. The lowest BCUT2D eigenvalue weighted by molar-refractivity contribution is 0.375. The van der Waals surface area contributed by atoms with Gasteiger partial charge < -0.3 is 15.2 Å². The Labute approximate surface area is 158 Å². The van der Waals surface area contributed by atoms with Gasteiger partial charge in [-0.3, -0.25) is 4.99 Å². The quantitative estimate of drug-likeness (QED) is 0.306. The molecule has 2 N–H and O–H groups in total. The van der Waals surface area contributed by atoms with Gasteiger partial charge in [0.05, 0.1) is 6.54 Å². The summed E-state index contributed by atoms with van der Waals surface area (Å²) >= 11 is 5.86. The van der Waals surface area contributed by atoms with Gasteiger partial charge in [-0.15, -0.1) is 24.0 Å². The molecular weight excluding hydrogens is 429 g/mol. The highest BCUT2D eigenvalue weighted by Gasteiger charge is 2.09. The number of aliphatic imine (C=N–C) groups is 1. The maximum atomic E-state index is 5.86. The molecule has 126 valence electrons. The zero-order valence-corrected chi connectivity index (χ0v) is 16.3. The number of halogens is 2. The van der Waals surface area contributed by atoms with Crippen molar-refractivity contribution in [3.8, 4) is 11.4 Å². The number of hydrogen-bond acceptors (Lipinski definition) is 4. The second-order valence-corrected chi connectivity index (χ2v) is 5.16. The van der Waals surface area contributed by atoms with E-state index in [-0.39, 0.29) is 24.0 Å². The fourth-order valence-electron chi connectivity index (χ4n) is 1.81. The van der Waals surface area contributed by atoms with Crippen LogP contribution in [0.2, 0.25) is 5.02 Å². The second kappa shape index (κ2) is 10.4. The molecule has 0 aliphatic carbocycles. The summed E-state index contributed by atoms with van der Waals surface area (Å²) in [6.45, 7) is 3.46. The fourth-order valence-corrected chi connectivity index (χ4v) is 1.93. The molecule has 23 heavy (non-hydrogen) atoms. The fraction of sp³-hybridized carbons (Fsp3) is 0.400. The number of guanidine groups is 1. The van der Waals surface area contributed by atoms with Crippen molar-refractivity contribution in [2.75, 3.05) is 13.6 Å². The van der Waals surface area contributed by atoms with Gasteiger partial charge in [-0.25, -0.2) is 0 Å². The average Bonchev–Trinajstić information content (AvgIpc) is 3.00. The molecule has 6 nitrogen and oxygen atoms in total. The van der Waals surface area contributed by atoms with E-state index in [0.717, 1.165) is 30.9 Å². The van der Waals surface area contributed by atoms with Crippen LogP contribution >= 0.6 is 35.6 Å². The van der Waals surface area contributed by atoms with Crippen molar-refractivity contribution in [3.63, 3.8) is 0 Å². The predicted molar refractivity (Wildman–Crippen MR) is 103 cm³/mol. The molecule has 0 bridgehead atoms. The smallest absolute Gasteiger partial charge is 0.246 e. The molecule has 8 heteroatoms. The van der Waals surface area contributed by atoms with E-state index in [1.807, 2.05) is 12.1 Å². The van der Waals surface area contributed by atoms with Crippen LogP contribution in [0, 0.1) is 0 Å². The van der Waals surface area contributed by atoms with Crippen LogP contribution < -0.4 is 10.6 Å². The number of aromatic nitrogens is 2. The first-order valence-electron chi connectivity index (χ1n) is 7.26. The molecule has 0 unspecified atom stereocenters. The summed E-state index contributed by atoms with van der Waals surface area (Å²) in [7, 11) is 1.73. The van der Waals surface area contributed by atoms with Crippen LogP contribution in [0.1, 0.15) is 25.7 Å². The molecule has 0 fully saturated rings. The van der Waals surface area contributed by atoms with Crippen molar-refractivity contribution in [2.45, 2.75) is 26.3 Å². The first kappa shape index (κ1) is 19.7. The molecule has 0 aliphatic rings. The molecule has 0 spiro atoms. The maximum Gasteiger partial charge on any atom is 0.246 e. The second-order valence-electron chi connectivity index (χ2n) is 4.72. The lowest BCUT2D eigenvalue weighted by Gasteiger charge is -2.09. The Hall–Kier alpha value is -1.35. The van der Waals surface area contributed by atoms with Gasteiger partial charge in [-0.1, -0.05) is 30.1 Å². The van der Waals surface area contributed by atoms with Crippen molar-refractivity contribution in [3.05, 3.63) is 35.2 Å². The molecule has 1 aromatic heterocycles. The van der Waals surface area contributed by atoms with Gasteiger partial charge in [0, 0.05) is 24.2 Å². The summed E-state index contributed by atoms with van der Waals surface area (Å²) in [6, 6.07) is 7.31. The van der Waals surface area contributed by atoms with Gasteiger partial charge in [0.15, 0.2) is 5.96 Å². The summed E-state index contributed by atoms with van der Waals surface area (Å²) in [6.07, 6.45) is 2.24. The Morgan fingerprint density at radius 1 is 1.26 bits per heavy atom. The third-order valence-corrected chi connectivity index (χ3v) is 3.28. The van der Waals surface area contributed by atoms with E-state index in [1.54, 1.807) is 19.2 Å². The summed E-state index contributed by atoms with van der Waals surface area (Å²) in [5, 5.41) is 11.0. The molecule has 2 aromatic rings. The van der Waals surface area contributed by atoms with Crippen LogP contribution in [-0.4, -0.2) is 29.7 Å². The van der Waals surface area contributed by atoms with E-state index in [9.17, 15) is 0 Å². The Morgan fingerprint density at radius 3 is 2.65 bits per heavy atom. The highest BCUT2D eigenvalue weighted by molar-refractivity contribution is 14.0. The van der Waals surface area contributed by atoms with E-state index in [2.05, 4.69) is 32.7 Å². The third kappa shape index (κ3) is 6.34. The van der Waals surface area contributed by atoms with Gasteiger partial charge in [0.25, 0.3) is 0 Å². The SMILES string of the molecule is CCCCNC(=NC)NCc1nc(-c2ccc(Cl)cc2)no1.I. The van der Waals surface area contributed by atoms with E-state index in [0.29, 0.717) is 23.3 Å². The molecule has 0 saturated carbocycles. The lowest BCUT2D eigenvalue weighted by Crippen LogP contribution is -2.37. The van der Waals surface area contributed by atoms with Crippen LogP contribution in [0.3, 0.4) is 0 Å². The van der Waals surface area contributed by atoms with Crippen molar-refractivity contribution in [1.29, 1.82) is 0 Å². The molecule has 1 aromatic carbocycles. The minimum absolute atomic E-state index is 0. The molecule has 1 heterocycles. The van der Waals surface area contributed by atoms with Crippen molar-refractivity contribution in [1.82, 2.24) is 20.8 Å². The summed E-state index contributed by atoms with van der Waals surface area (Å²) in [5.74, 6) is 1.77. The molecule has 0 amide bonds. The van der Waals surface area contributed by atoms with Crippen molar-refractivity contribution < 1.29 is 4.52 Å². The molecule has 2 rings (SSSR count). The van der Waals surface area contributed by atoms with Gasteiger partial charge in [0.1, 0.15) is 0 Å². The molecular formula is C15H21ClIN5O. The minimum atomic E-state index is 0. The maximum absolute atomic E-state index is 5.86. The molecule has 0 saturated heterocycles. The summed E-state index contributed by atoms with van der Waals surface area (Å²) in [4.78, 5) is 8.49. The van der Waals surface area contributed by atoms with Gasteiger partial charge in [-0.05, 0) is 30.7 Å². The Balaban J connectivity index is 0.00000264. The molecule has 0 aliphatic heterocycles. The number of unbranched alkanes of at least 4 members (excludes halogenated alkanes) is 1. The normalized spacial score (nSPS) is 11.0. The topological polar surface area (TPSA) is 75.3 Å². The van der Waals surface area contributed by atoms with Crippen LogP contribution in [-0.2, 0) is 6.54 Å². The Bertz CT molecular complexity index is 615. The predicted octanol–water partition coefficient (Wildman–Crippen LogP) is 3.47. The number of hydrogen-bond donors (Lipinski definition) is 2. The van der Waals surface area contributed by atoms with Crippen molar-refractivity contribution in [2.24, 2.45) is 4.99 Å². The minimum Gasteiger partial charge on any atom is -0.356 e. The van der Waals surface area contributed by atoms with Crippen LogP contribution in [0.25, 0.3) is 11.4 Å². The Kier molecular flexibility index (Phi) is 8.93. The molecule has 0 atom stereocenters. The zero-order chi connectivity index (χ0) is 15.8. The van der Waals surface area contributed by atoms with Crippen LogP contribution in [0.4, 0.5) is 0 Å². The average molecular weight is 450 g/mol. The van der Waals surface area contributed by atoms with Crippen LogP contribution in [0.15, 0.2) is 33.8 Å².